The van der Waals surface area contributed by atoms with Gasteiger partial charge in [-0.1, -0.05) is 12.1 Å². The standard InChI is InChI=1S/C21H20N6O3S/c1-27(2)21-23-12-18(13-24-21)31(29,30)17-6-3-14(4-7-17)5-8-19(28)15-9-16-11-25-26-20(16)22-10-15/h3-4,6-7,9-13H,5,8H2,1-2H3,(H,22,25,26). The number of aromatic nitrogens is 5. The Hall–Kier alpha value is -3.66. The number of ketones is 1. The fourth-order valence-corrected chi connectivity index (χ4v) is 4.19. The topological polar surface area (TPSA) is 122 Å². The summed E-state index contributed by atoms with van der Waals surface area (Å²) in [6.07, 6.45) is 6.53. The summed E-state index contributed by atoms with van der Waals surface area (Å²) in [6, 6.07) is 8.26. The number of aromatic amines is 1. The minimum absolute atomic E-state index is 0.0307. The van der Waals surface area contributed by atoms with Crippen LogP contribution in [0.3, 0.4) is 0 Å². The first-order chi connectivity index (χ1) is 14.8. The molecule has 10 heteroatoms. The van der Waals surface area contributed by atoms with Crippen molar-refractivity contribution >= 4 is 32.6 Å². The number of hydrogen-bond acceptors (Lipinski definition) is 8. The maximum Gasteiger partial charge on any atom is 0.224 e. The first-order valence-corrected chi connectivity index (χ1v) is 11.0. The van der Waals surface area contributed by atoms with Crippen molar-refractivity contribution in [3.63, 3.8) is 0 Å². The van der Waals surface area contributed by atoms with Crippen LogP contribution >= 0.6 is 0 Å². The predicted octanol–water partition coefficient (Wildman–Crippen LogP) is 2.46. The van der Waals surface area contributed by atoms with E-state index in [1.807, 2.05) is 0 Å². The van der Waals surface area contributed by atoms with Crippen LogP contribution in [-0.2, 0) is 16.3 Å². The number of H-pyrrole nitrogens is 1. The fraction of sp³-hybridized carbons (Fsp3) is 0.190. The molecule has 0 atom stereocenters. The van der Waals surface area contributed by atoms with Crippen LogP contribution in [0.25, 0.3) is 11.0 Å². The van der Waals surface area contributed by atoms with Gasteiger partial charge in [0, 0.05) is 37.7 Å². The maximum atomic E-state index is 12.8. The molecule has 0 unspecified atom stereocenters. The van der Waals surface area contributed by atoms with Crippen LogP contribution < -0.4 is 4.90 Å². The highest BCUT2D eigenvalue weighted by Gasteiger charge is 2.19. The zero-order valence-corrected chi connectivity index (χ0v) is 17.8. The third-order valence-electron chi connectivity index (χ3n) is 4.81. The Balaban J connectivity index is 1.44. The quantitative estimate of drug-likeness (QED) is 0.439. The van der Waals surface area contributed by atoms with E-state index >= 15 is 0 Å². The minimum Gasteiger partial charge on any atom is -0.347 e. The third kappa shape index (κ3) is 4.29. The van der Waals surface area contributed by atoms with E-state index < -0.39 is 9.84 Å². The van der Waals surface area contributed by atoms with Crippen molar-refractivity contribution in [1.29, 1.82) is 0 Å². The van der Waals surface area contributed by atoms with Crippen LogP contribution in [-0.4, -0.2) is 53.4 Å². The zero-order valence-electron chi connectivity index (χ0n) is 17.0. The van der Waals surface area contributed by atoms with Gasteiger partial charge in [0.1, 0.15) is 4.90 Å². The van der Waals surface area contributed by atoms with Crippen molar-refractivity contribution in [2.45, 2.75) is 22.6 Å². The molecule has 3 aromatic heterocycles. The van der Waals surface area contributed by atoms with Crippen molar-refractivity contribution in [3.8, 4) is 0 Å². The SMILES string of the molecule is CN(C)c1ncc(S(=O)(=O)c2ccc(CCC(=O)c3cnc4[nH]ncc4c3)cc2)cn1. The van der Waals surface area contributed by atoms with E-state index in [0.717, 1.165) is 10.9 Å². The number of anilines is 1. The van der Waals surface area contributed by atoms with Gasteiger partial charge in [-0.25, -0.2) is 23.4 Å². The Labute approximate surface area is 179 Å². The number of hydrogen-bond donors (Lipinski definition) is 1. The lowest BCUT2D eigenvalue weighted by Gasteiger charge is -2.10. The van der Waals surface area contributed by atoms with E-state index in [-0.39, 0.29) is 22.0 Å². The van der Waals surface area contributed by atoms with Gasteiger partial charge in [-0.15, -0.1) is 0 Å². The monoisotopic (exact) mass is 436 g/mol. The van der Waals surface area contributed by atoms with E-state index in [0.29, 0.717) is 23.6 Å². The van der Waals surface area contributed by atoms with Gasteiger partial charge >= 0.3 is 0 Å². The highest BCUT2D eigenvalue weighted by atomic mass is 32.2. The van der Waals surface area contributed by atoms with Gasteiger partial charge in [-0.05, 0) is 30.2 Å². The molecule has 0 aliphatic heterocycles. The number of sulfone groups is 1. The van der Waals surface area contributed by atoms with Gasteiger partial charge in [0.25, 0.3) is 0 Å². The van der Waals surface area contributed by atoms with Crippen LogP contribution in [0.2, 0.25) is 0 Å². The Morgan fingerprint density at radius 2 is 1.68 bits per heavy atom. The van der Waals surface area contributed by atoms with E-state index in [9.17, 15) is 13.2 Å². The number of benzene rings is 1. The molecule has 0 radical (unpaired) electrons. The predicted molar refractivity (Wildman–Crippen MR) is 115 cm³/mol. The maximum absolute atomic E-state index is 12.8. The molecular formula is C21H20N6O3S. The lowest BCUT2D eigenvalue weighted by molar-refractivity contribution is 0.0982. The molecule has 0 aliphatic rings. The van der Waals surface area contributed by atoms with Crippen molar-refractivity contribution in [1.82, 2.24) is 25.1 Å². The van der Waals surface area contributed by atoms with Gasteiger partial charge in [-0.2, -0.15) is 5.10 Å². The molecule has 31 heavy (non-hydrogen) atoms. The van der Waals surface area contributed by atoms with Crippen LogP contribution in [0.15, 0.2) is 64.9 Å². The Morgan fingerprint density at radius 3 is 2.35 bits per heavy atom. The lowest BCUT2D eigenvalue weighted by atomic mass is 10.0. The molecule has 3 heterocycles. The highest BCUT2D eigenvalue weighted by Crippen LogP contribution is 2.21. The van der Waals surface area contributed by atoms with Crippen molar-refractivity contribution < 1.29 is 13.2 Å². The summed E-state index contributed by atoms with van der Waals surface area (Å²) >= 11 is 0. The Bertz CT molecular complexity index is 1330. The Morgan fingerprint density at radius 1 is 0.968 bits per heavy atom. The van der Waals surface area contributed by atoms with E-state index in [4.69, 9.17) is 0 Å². The van der Waals surface area contributed by atoms with Gasteiger partial charge in [0.2, 0.25) is 15.8 Å². The first kappa shape index (κ1) is 20.6. The number of fused-ring (bicyclic) bond motifs is 1. The Kier molecular flexibility index (Phi) is 5.47. The highest BCUT2D eigenvalue weighted by molar-refractivity contribution is 7.91. The van der Waals surface area contributed by atoms with E-state index in [1.54, 1.807) is 43.4 Å². The summed E-state index contributed by atoms with van der Waals surface area (Å²) in [5.74, 6) is 0.395. The number of aryl methyl sites for hydroxylation is 1. The van der Waals surface area contributed by atoms with E-state index in [1.165, 1.54) is 30.7 Å². The number of rotatable bonds is 7. The number of pyridine rings is 1. The second-order valence-electron chi connectivity index (χ2n) is 7.22. The van der Waals surface area contributed by atoms with Gasteiger partial charge in [0.15, 0.2) is 11.4 Å². The normalized spacial score (nSPS) is 11.5. The molecule has 0 spiro atoms. The number of nitrogens with zero attached hydrogens (tertiary/aromatic N) is 5. The summed E-state index contributed by atoms with van der Waals surface area (Å²) in [7, 11) is -0.161. The molecule has 0 bridgehead atoms. The molecule has 0 saturated heterocycles. The molecule has 0 saturated carbocycles. The molecule has 9 nitrogen and oxygen atoms in total. The number of Topliss-reactive ketones (excluding diaryl/α,β-unsaturated/α-hetero) is 1. The second-order valence-corrected chi connectivity index (χ2v) is 9.17. The zero-order chi connectivity index (χ0) is 22.0. The first-order valence-electron chi connectivity index (χ1n) is 9.50. The largest absolute Gasteiger partial charge is 0.347 e. The average molecular weight is 436 g/mol. The van der Waals surface area contributed by atoms with Crippen LogP contribution in [0.5, 0.6) is 0 Å². The number of nitrogens with one attached hydrogen (secondary N) is 1. The summed E-state index contributed by atoms with van der Waals surface area (Å²) in [5.41, 5.74) is 2.02. The van der Waals surface area contributed by atoms with Crippen molar-refractivity contribution in [2.75, 3.05) is 19.0 Å². The summed E-state index contributed by atoms with van der Waals surface area (Å²) in [6.45, 7) is 0. The lowest BCUT2D eigenvalue weighted by Crippen LogP contribution is -2.13. The molecule has 1 N–H and O–H groups in total. The minimum atomic E-state index is -3.72. The fourth-order valence-electron chi connectivity index (χ4n) is 3.04. The summed E-state index contributed by atoms with van der Waals surface area (Å²) in [4.78, 5) is 26.7. The molecule has 0 aliphatic carbocycles. The molecule has 1 aromatic carbocycles. The van der Waals surface area contributed by atoms with Gasteiger partial charge in [-0.3, -0.25) is 9.89 Å². The molecule has 158 valence electrons. The van der Waals surface area contributed by atoms with Crippen molar-refractivity contribution in [3.05, 3.63) is 66.2 Å². The van der Waals surface area contributed by atoms with E-state index in [2.05, 4.69) is 25.1 Å². The second kappa shape index (κ2) is 8.23. The summed E-state index contributed by atoms with van der Waals surface area (Å²) < 4.78 is 25.6. The number of carbonyl (C=O) groups is 1. The van der Waals surface area contributed by atoms with Crippen LogP contribution in [0.4, 0.5) is 5.95 Å². The van der Waals surface area contributed by atoms with Gasteiger partial charge in [0.05, 0.1) is 23.5 Å². The molecular weight excluding hydrogens is 416 g/mol. The smallest absolute Gasteiger partial charge is 0.224 e. The van der Waals surface area contributed by atoms with Crippen LogP contribution in [0.1, 0.15) is 22.3 Å². The summed E-state index contributed by atoms with van der Waals surface area (Å²) in [5, 5.41) is 7.43. The third-order valence-corrected chi connectivity index (χ3v) is 6.54. The van der Waals surface area contributed by atoms with Gasteiger partial charge < -0.3 is 4.90 Å². The number of carbonyl (C=O) groups excluding carboxylic acids is 1. The molecule has 0 amide bonds. The van der Waals surface area contributed by atoms with Crippen LogP contribution in [0, 0.1) is 0 Å². The van der Waals surface area contributed by atoms with Crippen molar-refractivity contribution in [2.24, 2.45) is 0 Å². The average Bonchev–Trinajstić information content (AvgIpc) is 3.25. The molecule has 4 aromatic rings. The molecule has 4 rings (SSSR count). The molecule has 0 fully saturated rings.